The first kappa shape index (κ1) is 15.8. The molecule has 1 atom stereocenters. The summed E-state index contributed by atoms with van der Waals surface area (Å²) in [6.07, 6.45) is 0. The molecule has 2 aliphatic rings. The van der Waals surface area contributed by atoms with Gasteiger partial charge in [0, 0.05) is 31.2 Å². The van der Waals surface area contributed by atoms with Crippen LogP contribution in [-0.4, -0.2) is 62.2 Å². The molecule has 2 N–H and O–H groups in total. The number of amides is 2. The Labute approximate surface area is 134 Å². The zero-order valence-corrected chi connectivity index (χ0v) is 13.1. The largest absolute Gasteiger partial charge is 0.482 e. The lowest BCUT2D eigenvalue weighted by molar-refractivity contribution is -0.118. The maximum absolute atomic E-state index is 12.3. The average molecular weight is 319 g/mol. The predicted octanol–water partition coefficient (Wildman–Crippen LogP) is 0.468. The molecular formula is C16H21N3O4. The summed E-state index contributed by atoms with van der Waals surface area (Å²) in [5.41, 5.74) is 1.12. The van der Waals surface area contributed by atoms with Crippen LogP contribution in [0.15, 0.2) is 18.2 Å². The Kier molecular flexibility index (Phi) is 4.78. The molecule has 3 rings (SSSR count). The number of fused-ring (bicyclic) bond motifs is 1. The van der Waals surface area contributed by atoms with E-state index in [1.165, 1.54) is 0 Å². The van der Waals surface area contributed by atoms with Gasteiger partial charge in [-0.2, -0.15) is 0 Å². The van der Waals surface area contributed by atoms with Crippen molar-refractivity contribution in [1.82, 2.24) is 10.2 Å². The summed E-state index contributed by atoms with van der Waals surface area (Å²) in [4.78, 5) is 25.9. The molecule has 0 aromatic heterocycles. The van der Waals surface area contributed by atoms with E-state index >= 15 is 0 Å². The summed E-state index contributed by atoms with van der Waals surface area (Å²) in [7, 11) is 0. The van der Waals surface area contributed by atoms with Crippen molar-refractivity contribution in [3.8, 4) is 5.75 Å². The van der Waals surface area contributed by atoms with Crippen LogP contribution < -0.4 is 15.4 Å². The van der Waals surface area contributed by atoms with E-state index in [-0.39, 0.29) is 24.5 Å². The summed E-state index contributed by atoms with van der Waals surface area (Å²) in [6.45, 7) is 6.04. The number of nitrogens with zero attached hydrogens (tertiary/aromatic N) is 1. The number of rotatable bonds is 4. The Bertz CT molecular complexity index is 599. The van der Waals surface area contributed by atoms with E-state index in [9.17, 15) is 9.59 Å². The molecule has 1 aromatic carbocycles. The van der Waals surface area contributed by atoms with E-state index in [1.54, 1.807) is 18.2 Å². The molecule has 7 nitrogen and oxygen atoms in total. The smallest absolute Gasteiger partial charge is 0.262 e. The second kappa shape index (κ2) is 6.97. The fourth-order valence-corrected chi connectivity index (χ4v) is 2.74. The van der Waals surface area contributed by atoms with Crippen molar-refractivity contribution in [3.05, 3.63) is 23.8 Å². The van der Waals surface area contributed by atoms with Gasteiger partial charge in [-0.05, 0) is 25.1 Å². The number of hydrogen-bond donors (Lipinski definition) is 2. The maximum atomic E-state index is 12.3. The second-order valence-electron chi connectivity index (χ2n) is 5.84. The predicted molar refractivity (Wildman–Crippen MR) is 84.8 cm³/mol. The van der Waals surface area contributed by atoms with Crippen LogP contribution in [-0.2, 0) is 9.53 Å². The minimum atomic E-state index is -0.186. The third-order valence-electron chi connectivity index (χ3n) is 3.89. The molecule has 2 aliphatic heterocycles. The Morgan fingerprint density at radius 2 is 2.17 bits per heavy atom. The molecule has 23 heavy (non-hydrogen) atoms. The molecule has 1 aromatic rings. The highest BCUT2D eigenvalue weighted by Gasteiger charge is 2.19. The zero-order valence-electron chi connectivity index (χ0n) is 13.1. The molecule has 1 saturated heterocycles. The quantitative estimate of drug-likeness (QED) is 0.843. The number of nitrogens with one attached hydrogen (secondary N) is 2. The van der Waals surface area contributed by atoms with Crippen molar-refractivity contribution in [2.75, 3.05) is 44.8 Å². The molecule has 7 heteroatoms. The number of ether oxygens (including phenoxy) is 2. The monoisotopic (exact) mass is 319 g/mol. The third-order valence-corrected chi connectivity index (χ3v) is 3.89. The van der Waals surface area contributed by atoms with Gasteiger partial charge in [-0.3, -0.25) is 14.5 Å². The molecule has 0 radical (unpaired) electrons. The molecule has 2 heterocycles. The Balaban J connectivity index is 1.58. The first-order valence-electron chi connectivity index (χ1n) is 7.79. The van der Waals surface area contributed by atoms with Crippen LogP contribution in [0.4, 0.5) is 5.69 Å². The van der Waals surface area contributed by atoms with Crippen LogP contribution in [0.25, 0.3) is 0 Å². The molecule has 2 amide bonds. The van der Waals surface area contributed by atoms with Gasteiger partial charge in [-0.1, -0.05) is 0 Å². The van der Waals surface area contributed by atoms with E-state index < -0.39 is 0 Å². The van der Waals surface area contributed by atoms with Crippen molar-refractivity contribution >= 4 is 17.5 Å². The van der Waals surface area contributed by atoms with E-state index in [0.29, 0.717) is 17.0 Å². The van der Waals surface area contributed by atoms with Crippen molar-refractivity contribution in [1.29, 1.82) is 0 Å². The fourth-order valence-electron chi connectivity index (χ4n) is 2.74. The van der Waals surface area contributed by atoms with E-state index in [2.05, 4.69) is 15.5 Å². The normalized spacial score (nSPS) is 19.3. The highest BCUT2D eigenvalue weighted by Crippen LogP contribution is 2.28. The average Bonchev–Trinajstić information content (AvgIpc) is 2.55. The number of hydrogen-bond acceptors (Lipinski definition) is 5. The number of carbonyl (C=O) groups excluding carboxylic acids is 2. The van der Waals surface area contributed by atoms with Crippen LogP contribution in [0.5, 0.6) is 5.75 Å². The first-order valence-corrected chi connectivity index (χ1v) is 7.79. The number of carbonyl (C=O) groups is 2. The minimum absolute atomic E-state index is 0.0223. The molecule has 0 bridgehead atoms. The first-order chi connectivity index (χ1) is 11.1. The standard InChI is InChI=1S/C16H21N3O4/c1-11(9-19-4-6-22-7-5-19)17-16(21)12-2-3-13-14(8-12)23-10-15(20)18-13/h2-3,8,11H,4-7,9-10H2,1H3,(H,17,21)(H,18,20)/t11-/m1/s1. The molecule has 124 valence electrons. The lowest BCUT2D eigenvalue weighted by atomic mass is 10.1. The summed E-state index contributed by atoms with van der Waals surface area (Å²) >= 11 is 0. The zero-order chi connectivity index (χ0) is 16.2. The van der Waals surface area contributed by atoms with E-state index in [1.807, 2.05) is 6.92 Å². The van der Waals surface area contributed by atoms with Crippen molar-refractivity contribution in [3.63, 3.8) is 0 Å². The third kappa shape index (κ3) is 4.00. The van der Waals surface area contributed by atoms with Gasteiger partial charge in [0.15, 0.2) is 6.61 Å². The molecular weight excluding hydrogens is 298 g/mol. The number of benzene rings is 1. The van der Waals surface area contributed by atoms with Gasteiger partial charge in [-0.15, -0.1) is 0 Å². The summed E-state index contributed by atoms with van der Waals surface area (Å²) in [6, 6.07) is 5.07. The fraction of sp³-hybridized carbons (Fsp3) is 0.500. The molecule has 0 unspecified atom stereocenters. The van der Waals surface area contributed by atoms with E-state index in [0.717, 1.165) is 32.8 Å². The van der Waals surface area contributed by atoms with Crippen molar-refractivity contribution < 1.29 is 19.1 Å². The van der Waals surface area contributed by atoms with Crippen LogP contribution >= 0.6 is 0 Å². The van der Waals surface area contributed by atoms with Gasteiger partial charge in [0.05, 0.1) is 18.9 Å². The van der Waals surface area contributed by atoms with Crippen LogP contribution in [0, 0.1) is 0 Å². The lowest BCUT2D eigenvalue weighted by Crippen LogP contribution is -2.46. The Hall–Kier alpha value is -2.12. The summed E-state index contributed by atoms with van der Waals surface area (Å²) in [5, 5.41) is 5.70. The molecule has 0 spiro atoms. The van der Waals surface area contributed by atoms with Gasteiger partial charge in [-0.25, -0.2) is 0 Å². The van der Waals surface area contributed by atoms with E-state index in [4.69, 9.17) is 9.47 Å². The molecule has 0 aliphatic carbocycles. The minimum Gasteiger partial charge on any atom is -0.482 e. The molecule has 1 fully saturated rings. The van der Waals surface area contributed by atoms with Gasteiger partial charge >= 0.3 is 0 Å². The van der Waals surface area contributed by atoms with Crippen LogP contribution in [0.3, 0.4) is 0 Å². The van der Waals surface area contributed by atoms with Gasteiger partial charge < -0.3 is 20.1 Å². The van der Waals surface area contributed by atoms with Gasteiger partial charge in [0.2, 0.25) is 0 Å². The lowest BCUT2D eigenvalue weighted by Gasteiger charge is -2.29. The topological polar surface area (TPSA) is 79.9 Å². The van der Waals surface area contributed by atoms with Crippen molar-refractivity contribution in [2.45, 2.75) is 13.0 Å². The highest BCUT2D eigenvalue weighted by molar-refractivity contribution is 5.99. The van der Waals surface area contributed by atoms with Crippen LogP contribution in [0.1, 0.15) is 17.3 Å². The van der Waals surface area contributed by atoms with Gasteiger partial charge in [0.25, 0.3) is 11.8 Å². The Morgan fingerprint density at radius 3 is 2.96 bits per heavy atom. The SMILES string of the molecule is C[C@H](CN1CCOCC1)NC(=O)c1ccc2c(c1)OCC(=O)N2. The number of morpholine rings is 1. The number of anilines is 1. The van der Waals surface area contributed by atoms with Gasteiger partial charge in [0.1, 0.15) is 5.75 Å². The Morgan fingerprint density at radius 1 is 1.39 bits per heavy atom. The highest BCUT2D eigenvalue weighted by atomic mass is 16.5. The molecule has 0 saturated carbocycles. The van der Waals surface area contributed by atoms with Crippen molar-refractivity contribution in [2.24, 2.45) is 0 Å². The maximum Gasteiger partial charge on any atom is 0.262 e. The second-order valence-corrected chi connectivity index (χ2v) is 5.84. The van der Waals surface area contributed by atoms with Crippen LogP contribution in [0.2, 0.25) is 0 Å². The summed E-state index contributed by atoms with van der Waals surface area (Å²) in [5.74, 6) is 0.195. The summed E-state index contributed by atoms with van der Waals surface area (Å²) < 4.78 is 10.7.